The van der Waals surface area contributed by atoms with Gasteiger partial charge in [-0.2, -0.15) is 4.98 Å². The fraction of sp³-hybridized carbons (Fsp3) is 0.500. The molecule has 0 atom stereocenters. The highest BCUT2D eigenvalue weighted by Crippen LogP contribution is 2.05. The molecule has 2 N–H and O–H groups in total. The largest absolute Gasteiger partial charge is 0.338 e. The van der Waals surface area contributed by atoms with Gasteiger partial charge in [0.1, 0.15) is 0 Å². The minimum atomic E-state index is -0.510. The summed E-state index contributed by atoms with van der Waals surface area (Å²) >= 11 is 0. The van der Waals surface area contributed by atoms with Gasteiger partial charge in [-0.15, -0.1) is 0 Å². The number of nitrogens with one attached hydrogen (secondary N) is 2. The molecule has 108 valence electrons. The van der Waals surface area contributed by atoms with Gasteiger partial charge >= 0.3 is 5.69 Å². The molecule has 2 heterocycles. The van der Waals surface area contributed by atoms with E-state index in [0.29, 0.717) is 30.5 Å². The van der Waals surface area contributed by atoms with Crippen molar-refractivity contribution in [3.63, 3.8) is 0 Å². The van der Waals surface area contributed by atoms with Crippen LogP contribution in [0.4, 0.5) is 0 Å². The maximum atomic E-state index is 11.2. The fourth-order valence-electron chi connectivity index (χ4n) is 1.86. The molecule has 0 fully saturated rings. The van der Waals surface area contributed by atoms with Crippen molar-refractivity contribution in [1.82, 2.24) is 25.0 Å². The van der Waals surface area contributed by atoms with Gasteiger partial charge in [-0.05, 0) is 13.5 Å². The van der Waals surface area contributed by atoms with Crippen molar-refractivity contribution in [3.8, 4) is 0 Å². The van der Waals surface area contributed by atoms with Gasteiger partial charge in [-0.3, -0.25) is 14.7 Å². The van der Waals surface area contributed by atoms with Crippen molar-refractivity contribution < 1.29 is 4.52 Å². The van der Waals surface area contributed by atoms with Crippen LogP contribution in [0.2, 0.25) is 0 Å². The number of hydrogen-bond donors (Lipinski definition) is 2. The van der Waals surface area contributed by atoms with Crippen molar-refractivity contribution >= 4 is 0 Å². The monoisotopic (exact) mass is 279 g/mol. The van der Waals surface area contributed by atoms with E-state index in [9.17, 15) is 9.59 Å². The summed E-state index contributed by atoms with van der Waals surface area (Å²) in [6.07, 6.45) is 1.75. The van der Waals surface area contributed by atoms with Crippen LogP contribution in [0.5, 0.6) is 0 Å². The van der Waals surface area contributed by atoms with Crippen molar-refractivity contribution in [3.05, 3.63) is 44.3 Å². The molecule has 0 aliphatic carbocycles. The van der Waals surface area contributed by atoms with Crippen LogP contribution < -0.4 is 11.2 Å². The van der Waals surface area contributed by atoms with Gasteiger partial charge in [-0.25, -0.2) is 4.79 Å². The first-order chi connectivity index (χ1) is 9.56. The molecule has 8 heteroatoms. The molecule has 0 amide bonds. The molecule has 0 radical (unpaired) electrons. The van der Waals surface area contributed by atoms with Crippen LogP contribution in [0.3, 0.4) is 0 Å². The molecule has 0 aliphatic heterocycles. The Morgan fingerprint density at radius 3 is 2.80 bits per heavy atom. The van der Waals surface area contributed by atoms with E-state index >= 15 is 0 Å². The maximum absolute atomic E-state index is 11.2. The molecule has 2 rings (SSSR count). The number of nitrogens with zero attached hydrogens (tertiary/aromatic N) is 3. The highest BCUT2D eigenvalue weighted by molar-refractivity contribution is 4.98. The van der Waals surface area contributed by atoms with Gasteiger partial charge in [0.2, 0.25) is 5.89 Å². The molecule has 2 aromatic rings. The Labute approximate surface area is 114 Å². The lowest BCUT2D eigenvalue weighted by Crippen LogP contribution is -2.26. The van der Waals surface area contributed by atoms with E-state index in [2.05, 4.69) is 20.1 Å². The molecule has 0 bridgehead atoms. The van der Waals surface area contributed by atoms with Gasteiger partial charge < -0.3 is 9.51 Å². The third-order valence-corrected chi connectivity index (χ3v) is 2.65. The quantitative estimate of drug-likeness (QED) is 0.772. The molecular weight excluding hydrogens is 262 g/mol. The molecule has 0 aromatic carbocycles. The van der Waals surface area contributed by atoms with E-state index in [4.69, 9.17) is 4.52 Å². The van der Waals surface area contributed by atoms with Crippen molar-refractivity contribution in [2.75, 3.05) is 7.05 Å². The van der Waals surface area contributed by atoms with Crippen LogP contribution in [0.15, 0.2) is 20.2 Å². The highest BCUT2D eigenvalue weighted by Gasteiger charge is 2.09. The lowest BCUT2D eigenvalue weighted by molar-refractivity contribution is 0.257. The van der Waals surface area contributed by atoms with Gasteiger partial charge in [0.15, 0.2) is 5.82 Å². The Hall–Kier alpha value is -2.22. The summed E-state index contributed by atoms with van der Waals surface area (Å²) in [5.74, 6) is 1.21. The number of H-pyrrole nitrogens is 2. The molecule has 8 nitrogen and oxygen atoms in total. The maximum Gasteiger partial charge on any atom is 0.325 e. The third-order valence-electron chi connectivity index (χ3n) is 2.65. The number of aryl methyl sites for hydroxylation is 1. The first-order valence-corrected chi connectivity index (χ1v) is 6.39. The van der Waals surface area contributed by atoms with Gasteiger partial charge in [-0.1, -0.05) is 12.1 Å². The first kappa shape index (κ1) is 14.2. The average molecular weight is 279 g/mol. The SMILES string of the molecule is CCCc1noc(CN(C)Cc2cc(=O)[nH]c(=O)[nH]2)n1. The minimum Gasteiger partial charge on any atom is -0.338 e. The number of aromatic amines is 2. The molecule has 0 unspecified atom stereocenters. The molecule has 2 aromatic heterocycles. The fourth-order valence-corrected chi connectivity index (χ4v) is 1.86. The molecule has 0 spiro atoms. The zero-order valence-electron chi connectivity index (χ0n) is 11.5. The zero-order chi connectivity index (χ0) is 14.5. The van der Waals surface area contributed by atoms with Gasteiger partial charge in [0.05, 0.1) is 6.54 Å². The van der Waals surface area contributed by atoms with Crippen LogP contribution in [-0.2, 0) is 19.5 Å². The van der Waals surface area contributed by atoms with Gasteiger partial charge in [0.25, 0.3) is 5.56 Å². The smallest absolute Gasteiger partial charge is 0.325 e. The number of rotatable bonds is 6. The lowest BCUT2D eigenvalue weighted by Gasteiger charge is -2.13. The van der Waals surface area contributed by atoms with Crippen LogP contribution in [0.1, 0.15) is 30.8 Å². The van der Waals surface area contributed by atoms with E-state index in [0.717, 1.165) is 12.8 Å². The van der Waals surface area contributed by atoms with E-state index in [1.165, 1.54) is 6.07 Å². The second-order valence-electron chi connectivity index (χ2n) is 4.64. The van der Waals surface area contributed by atoms with Crippen molar-refractivity contribution in [2.24, 2.45) is 0 Å². The van der Waals surface area contributed by atoms with Crippen LogP contribution in [-0.4, -0.2) is 32.1 Å². The van der Waals surface area contributed by atoms with E-state index in [-0.39, 0.29) is 0 Å². The summed E-state index contributed by atoms with van der Waals surface area (Å²) in [6, 6.07) is 1.36. The topological polar surface area (TPSA) is 108 Å². The average Bonchev–Trinajstić information content (AvgIpc) is 2.75. The van der Waals surface area contributed by atoms with Gasteiger partial charge in [0, 0.05) is 24.7 Å². The van der Waals surface area contributed by atoms with Crippen molar-refractivity contribution in [2.45, 2.75) is 32.9 Å². The summed E-state index contributed by atoms with van der Waals surface area (Å²) in [4.78, 5) is 33.2. The predicted molar refractivity (Wildman–Crippen MR) is 71.1 cm³/mol. The third kappa shape index (κ3) is 3.89. The Bertz CT molecular complexity index is 644. The number of hydrogen-bond acceptors (Lipinski definition) is 6. The molecular formula is C12H17N5O3. The number of aromatic nitrogens is 4. The zero-order valence-corrected chi connectivity index (χ0v) is 11.5. The Kier molecular flexibility index (Phi) is 4.46. The standard InChI is InChI=1S/C12H17N5O3/c1-3-4-9-14-11(20-16-9)7-17(2)6-8-5-10(18)15-12(19)13-8/h5H,3-4,6-7H2,1-2H3,(H2,13,15,18,19). The molecule has 0 saturated carbocycles. The predicted octanol–water partition coefficient (Wildman–Crippen LogP) is 0.0307. The Morgan fingerprint density at radius 2 is 2.10 bits per heavy atom. The summed E-state index contributed by atoms with van der Waals surface area (Å²) in [6.45, 7) is 2.90. The summed E-state index contributed by atoms with van der Waals surface area (Å²) in [7, 11) is 1.84. The van der Waals surface area contributed by atoms with E-state index in [1.54, 1.807) is 0 Å². The molecule has 20 heavy (non-hydrogen) atoms. The van der Waals surface area contributed by atoms with Crippen LogP contribution in [0.25, 0.3) is 0 Å². The molecule has 0 saturated heterocycles. The van der Waals surface area contributed by atoms with Crippen molar-refractivity contribution in [1.29, 1.82) is 0 Å². The summed E-state index contributed by atoms with van der Waals surface area (Å²) in [5, 5.41) is 3.87. The molecule has 0 aliphatic rings. The second-order valence-corrected chi connectivity index (χ2v) is 4.64. The van der Waals surface area contributed by atoms with E-state index in [1.807, 2.05) is 18.9 Å². The van der Waals surface area contributed by atoms with Crippen LogP contribution in [0, 0.1) is 0 Å². The second kappa shape index (κ2) is 6.29. The minimum absolute atomic E-state index is 0.407. The summed E-state index contributed by atoms with van der Waals surface area (Å²) in [5.41, 5.74) is -0.390. The lowest BCUT2D eigenvalue weighted by atomic mass is 10.3. The normalized spacial score (nSPS) is 11.2. The summed E-state index contributed by atoms with van der Waals surface area (Å²) < 4.78 is 5.13. The highest BCUT2D eigenvalue weighted by atomic mass is 16.5. The Morgan fingerprint density at radius 1 is 1.30 bits per heavy atom. The van der Waals surface area contributed by atoms with E-state index < -0.39 is 11.2 Å². The Balaban J connectivity index is 1.99. The van der Waals surface area contributed by atoms with Crippen LogP contribution >= 0.6 is 0 Å². The first-order valence-electron chi connectivity index (χ1n) is 6.39.